The lowest BCUT2D eigenvalue weighted by Crippen LogP contribution is -2.17. The normalized spacial score (nSPS) is 11.7. The van der Waals surface area contributed by atoms with E-state index in [0.29, 0.717) is 30.4 Å². The number of hydrogen-bond acceptors (Lipinski definition) is 8. The van der Waals surface area contributed by atoms with Gasteiger partial charge in [-0.2, -0.15) is 0 Å². The van der Waals surface area contributed by atoms with Crippen LogP contribution in [0.3, 0.4) is 0 Å². The Morgan fingerprint density at radius 3 is 1.98 bits per heavy atom. The van der Waals surface area contributed by atoms with Gasteiger partial charge in [-0.05, 0) is 73.8 Å². The number of phenolic OH excluding ortho intramolecular Hbond substituents is 2. The lowest BCUT2D eigenvalue weighted by Gasteiger charge is -2.20. The number of cyclic esters (lactones) is 1. The van der Waals surface area contributed by atoms with Gasteiger partial charge in [-0.1, -0.05) is 39.7 Å². The first-order valence-corrected chi connectivity index (χ1v) is 13.7. The fourth-order valence-corrected chi connectivity index (χ4v) is 5.42. The van der Waals surface area contributed by atoms with Gasteiger partial charge in [0, 0.05) is 11.1 Å². The molecule has 0 aliphatic carbocycles. The molecule has 0 unspecified atom stereocenters. The maximum absolute atomic E-state index is 12.1. The SMILES string of the molecule is C=CCc1c(O)c2c(c(C)c1CC)COC2=O.CCCCCc1c(O)c(C(=O)OC)c(C(=O)OC)c(C)c1CC. The summed E-state index contributed by atoms with van der Waals surface area (Å²) in [6, 6.07) is 0. The van der Waals surface area contributed by atoms with Gasteiger partial charge in [0.1, 0.15) is 29.2 Å². The van der Waals surface area contributed by atoms with E-state index in [2.05, 4.69) is 13.5 Å². The maximum atomic E-state index is 12.1. The molecule has 40 heavy (non-hydrogen) atoms. The van der Waals surface area contributed by atoms with Crippen molar-refractivity contribution in [3.63, 3.8) is 0 Å². The molecule has 0 saturated carbocycles. The van der Waals surface area contributed by atoms with Gasteiger partial charge in [0.2, 0.25) is 0 Å². The van der Waals surface area contributed by atoms with Crippen LogP contribution in [0.25, 0.3) is 0 Å². The van der Waals surface area contributed by atoms with Gasteiger partial charge < -0.3 is 24.4 Å². The summed E-state index contributed by atoms with van der Waals surface area (Å²) >= 11 is 0. The van der Waals surface area contributed by atoms with E-state index in [4.69, 9.17) is 14.2 Å². The fourth-order valence-electron chi connectivity index (χ4n) is 5.42. The first-order valence-electron chi connectivity index (χ1n) is 13.7. The second-order valence-corrected chi connectivity index (χ2v) is 9.68. The van der Waals surface area contributed by atoms with Crippen molar-refractivity contribution in [2.24, 2.45) is 0 Å². The number of methoxy groups -OCH3 is 2. The van der Waals surface area contributed by atoms with Crippen LogP contribution in [-0.4, -0.2) is 42.3 Å². The number of carbonyl (C=O) groups is 3. The number of fused-ring (bicyclic) bond motifs is 1. The van der Waals surface area contributed by atoms with Crippen LogP contribution in [0.2, 0.25) is 0 Å². The monoisotopic (exact) mass is 554 g/mol. The largest absolute Gasteiger partial charge is 0.507 e. The van der Waals surface area contributed by atoms with Crippen molar-refractivity contribution in [1.82, 2.24) is 0 Å². The molecule has 8 nitrogen and oxygen atoms in total. The first kappa shape index (κ1) is 32.4. The molecule has 2 N–H and O–H groups in total. The molecule has 8 heteroatoms. The highest BCUT2D eigenvalue weighted by molar-refractivity contribution is 6.06. The van der Waals surface area contributed by atoms with E-state index in [0.717, 1.165) is 59.1 Å². The number of carbonyl (C=O) groups excluding carboxylic acids is 3. The van der Waals surface area contributed by atoms with Crippen molar-refractivity contribution in [3.05, 3.63) is 68.3 Å². The summed E-state index contributed by atoms with van der Waals surface area (Å²) in [5, 5.41) is 20.8. The van der Waals surface area contributed by atoms with E-state index < -0.39 is 17.9 Å². The fraction of sp³-hybridized carbons (Fsp3) is 0.469. The van der Waals surface area contributed by atoms with Gasteiger partial charge in [-0.3, -0.25) is 0 Å². The van der Waals surface area contributed by atoms with E-state index in [9.17, 15) is 24.6 Å². The molecule has 0 radical (unpaired) electrons. The molecule has 0 amide bonds. The van der Waals surface area contributed by atoms with Crippen molar-refractivity contribution in [2.75, 3.05) is 14.2 Å². The molecule has 1 aliphatic heterocycles. The molecule has 218 valence electrons. The summed E-state index contributed by atoms with van der Waals surface area (Å²) in [6.45, 7) is 13.8. The minimum absolute atomic E-state index is 0.0739. The van der Waals surface area contributed by atoms with Crippen LogP contribution >= 0.6 is 0 Å². The molecule has 0 bridgehead atoms. The zero-order valence-corrected chi connectivity index (χ0v) is 24.8. The molecule has 0 fully saturated rings. The van der Waals surface area contributed by atoms with E-state index in [1.807, 2.05) is 20.8 Å². The van der Waals surface area contributed by atoms with Gasteiger partial charge in [0.05, 0.1) is 19.8 Å². The number of benzene rings is 2. The number of rotatable bonds is 10. The van der Waals surface area contributed by atoms with E-state index >= 15 is 0 Å². The highest BCUT2D eigenvalue weighted by atomic mass is 16.5. The number of phenols is 2. The third-order valence-electron chi connectivity index (χ3n) is 7.48. The molecule has 2 aromatic rings. The molecule has 0 saturated heterocycles. The second-order valence-electron chi connectivity index (χ2n) is 9.68. The predicted molar refractivity (Wildman–Crippen MR) is 153 cm³/mol. The third-order valence-corrected chi connectivity index (χ3v) is 7.48. The predicted octanol–water partition coefficient (Wildman–Crippen LogP) is 6.23. The Kier molecular flexibility index (Phi) is 11.8. The zero-order valence-electron chi connectivity index (χ0n) is 24.8. The Hall–Kier alpha value is -3.81. The molecule has 2 aromatic carbocycles. The van der Waals surface area contributed by atoms with Gasteiger partial charge >= 0.3 is 17.9 Å². The summed E-state index contributed by atoms with van der Waals surface area (Å²) in [5.74, 6) is -1.88. The lowest BCUT2D eigenvalue weighted by atomic mass is 9.87. The highest BCUT2D eigenvalue weighted by Gasteiger charge is 2.31. The van der Waals surface area contributed by atoms with Crippen LogP contribution in [0, 0.1) is 13.8 Å². The van der Waals surface area contributed by atoms with Gasteiger partial charge in [0.25, 0.3) is 0 Å². The summed E-state index contributed by atoms with van der Waals surface area (Å²) < 4.78 is 14.5. The van der Waals surface area contributed by atoms with Crippen molar-refractivity contribution in [1.29, 1.82) is 0 Å². The first-order chi connectivity index (χ1) is 19.1. The molecule has 1 aliphatic rings. The van der Waals surface area contributed by atoms with Crippen molar-refractivity contribution < 1.29 is 38.8 Å². The summed E-state index contributed by atoms with van der Waals surface area (Å²) in [5.41, 5.74) is 6.42. The van der Waals surface area contributed by atoms with Gasteiger partial charge in [0.15, 0.2) is 0 Å². The van der Waals surface area contributed by atoms with Crippen molar-refractivity contribution in [2.45, 2.75) is 86.2 Å². The van der Waals surface area contributed by atoms with Crippen LogP contribution < -0.4 is 0 Å². The maximum Gasteiger partial charge on any atom is 0.342 e. The smallest absolute Gasteiger partial charge is 0.342 e. The van der Waals surface area contributed by atoms with Crippen LogP contribution in [0.15, 0.2) is 12.7 Å². The minimum Gasteiger partial charge on any atom is -0.507 e. The standard InChI is InChI=1S/C18H26O5.C14H16O3/c1-6-8-9-10-13-12(7-2)11(3)14(17(20)22-4)15(16(13)19)18(21)23-5;1-4-6-10-9(5-2)8(3)11-7-17-14(16)12(11)13(10)15/h19H,6-10H2,1-5H3;4,15H,1,5-7H2,2-3H3. The summed E-state index contributed by atoms with van der Waals surface area (Å²) in [7, 11) is 2.48. The number of ether oxygens (including phenoxy) is 3. The Bertz CT molecular complexity index is 1290. The van der Waals surface area contributed by atoms with Gasteiger partial charge in [-0.15, -0.1) is 6.58 Å². The Labute approximate surface area is 237 Å². The summed E-state index contributed by atoms with van der Waals surface area (Å²) in [6.07, 6.45) is 7.45. The Morgan fingerprint density at radius 1 is 0.875 bits per heavy atom. The third kappa shape index (κ3) is 6.32. The molecule has 3 rings (SSSR count). The zero-order chi connectivity index (χ0) is 30.1. The van der Waals surface area contributed by atoms with Crippen molar-refractivity contribution in [3.8, 4) is 11.5 Å². The molecule has 0 spiro atoms. The number of aromatic hydroxyl groups is 2. The molecular formula is C32H42O8. The van der Waals surface area contributed by atoms with Crippen LogP contribution in [0.5, 0.6) is 11.5 Å². The second kappa shape index (κ2) is 14.5. The number of esters is 3. The number of unbranched alkanes of at least 4 members (excludes halogenated alkanes) is 2. The van der Waals surface area contributed by atoms with Crippen molar-refractivity contribution >= 4 is 17.9 Å². The van der Waals surface area contributed by atoms with Crippen LogP contribution in [0.4, 0.5) is 0 Å². The lowest BCUT2D eigenvalue weighted by molar-refractivity contribution is 0.0531. The van der Waals surface area contributed by atoms with E-state index in [-0.39, 0.29) is 29.2 Å². The summed E-state index contributed by atoms with van der Waals surface area (Å²) in [4.78, 5) is 35.8. The topological polar surface area (TPSA) is 119 Å². The average molecular weight is 555 g/mol. The molecular weight excluding hydrogens is 512 g/mol. The van der Waals surface area contributed by atoms with E-state index in [1.165, 1.54) is 14.2 Å². The van der Waals surface area contributed by atoms with Gasteiger partial charge in [-0.25, -0.2) is 14.4 Å². The van der Waals surface area contributed by atoms with E-state index in [1.54, 1.807) is 13.0 Å². The number of allylic oxidation sites excluding steroid dienone is 1. The highest BCUT2D eigenvalue weighted by Crippen LogP contribution is 2.38. The molecule has 1 heterocycles. The molecule has 0 atom stereocenters. The molecule has 0 aromatic heterocycles. The Morgan fingerprint density at radius 2 is 1.45 bits per heavy atom. The van der Waals surface area contributed by atoms with Crippen LogP contribution in [-0.2, 0) is 46.5 Å². The van der Waals surface area contributed by atoms with Crippen LogP contribution in [0.1, 0.15) is 110 Å². The minimum atomic E-state index is -0.731. The Balaban J connectivity index is 0.000000292. The average Bonchev–Trinajstić information content (AvgIpc) is 3.34. The number of hydrogen-bond donors (Lipinski definition) is 2. The quantitative estimate of drug-likeness (QED) is 0.154.